The van der Waals surface area contributed by atoms with Crippen molar-refractivity contribution in [1.82, 2.24) is 0 Å². The summed E-state index contributed by atoms with van der Waals surface area (Å²) in [6.45, 7) is 4.65. The Morgan fingerprint density at radius 1 is 0.733 bits per heavy atom. The predicted octanol–water partition coefficient (Wildman–Crippen LogP) is 9.64. The third-order valence-electron chi connectivity index (χ3n) is 8.11. The Hall–Kier alpha value is -1.04. The molecule has 0 unspecified atom stereocenters. The first kappa shape index (κ1) is 23.6. The van der Waals surface area contributed by atoms with E-state index >= 15 is 0 Å². The van der Waals surface area contributed by atoms with Gasteiger partial charge in [0.25, 0.3) is 0 Å². The molecule has 0 heterocycles. The van der Waals surface area contributed by atoms with E-state index in [1.54, 1.807) is 5.56 Å². The Bertz CT molecular complexity index is 579. The highest BCUT2D eigenvalue weighted by Crippen LogP contribution is 2.37. The molecule has 2 fully saturated rings. The lowest BCUT2D eigenvalue weighted by atomic mass is 9.77. The molecular weight excluding hydrogens is 360 g/mol. The van der Waals surface area contributed by atoms with Crippen molar-refractivity contribution in [3.63, 3.8) is 0 Å². The summed E-state index contributed by atoms with van der Waals surface area (Å²) in [5, 5.41) is 0. The molecule has 0 bridgehead atoms. The van der Waals surface area contributed by atoms with E-state index in [0.717, 1.165) is 23.7 Å². The molecule has 0 radical (unpaired) electrons. The van der Waals surface area contributed by atoms with Crippen LogP contribution in [0.2, 0.25) is 0 Å². The third kappa shape index (κ3) is 7.90. The number of hydrogen-bond acceptors (Lipinski definition) is 0. The molecule has 1 aromatic carbocycles. The highest BCUT2D eigenvalue weighted by molar-refractivity contribution is 5.26. The highest BCUT2D eigenvalue weighted by Gasteiger charge is 2.21. The minimum atomic E-state index is 0.823. The van der Waals surface area contributed by atoms with Crippen LogP contribution in [0.3, 0.4) is 0 Å². The molecule has 0 atom stereocenters. The summed E-state index contributed by atoms with van der Waals surface area (Å²) in [7, 11) is 0. The molecule has 2 aliphatic carbocycles. The minimum Gasteiger partial charge on any atom is -0.0879 e. The van der Waals surface area contributed by atoms with Gasteiger partial charge in [0, 0.05) is 0 Å². The number of rotatable bonds is 11. The SMILES string of the molecule is CCCCCC1CCC(/C=C/CCc2ccc(C3CCC(CCC)CC3)cc2)CC1. The largest absolute Gasteiger partial charge is 0.0879 e. The first-order valence-corrected chi connectivity index (χ1v) is 13.5. The quantitative estimate of drug-likeness (QED) is 0.252. The van der Waals surface area contributed by atoms with E-state index in [9.17, 15) is 0 Å². The Morgan fingerprint density at radius 3 is 2.07 bits per heavy atom. The minimum absolute atomic E-state index is 0.823. The molecular formula is C30H48. The number of hydrogen-bond donors (Lipinski definition) is 0. The van der Waals surface area contributed by atoms with Gasteiger partial charge in [0.15, 0.2) is 0 Å². The van der Waals surface area contributed by atoms with Gasteiger partial charge in [-0.2, -0.15) is 0 Å². The van der Waals surface area contributed by atoms with E-state index in [4.69, 9.17) is 0 Å². The molecule has 30 heavy (non-hydrogen) atoms. The van der Waals surface area contributed by atoms with E-state index < -0.39 is 0 Å². The Labute approximate surface area is 187 Å². The summed E-state index contributed by atoms with van der Waals surface area (Å²) < 4.78 is 0. The summed E-state index contributed by atoms with van der Waals surface area (Å²) in [4.78, 5) is 0. The van der Waals surface area contributed by atoms with Gasteiger partial charge >= 0.3 is 0 Å². The van der Waals surface area contributed by atoms with E-state index in [1.807, 2.05) is 0 Å². The zero-order valence-electron chi connectivity index (χ0n) is 20.1. The van der Waals surface area contributed by atoms with Gasteiger partial charge in [-0.1, -0.05) is 88.8 Å². The maximum atomic E-state index is 2.55. The van der Waals surface area contributed by atoms with Crippen molar-refractivity contribution in [3.05, 3.63) is 47.5 Å². The molecule has 3 rings (SSSR count). The number of allylic oxidation sites excluding steroid dienone is 2. The Kier molecular flexibility index (Phi) is 10.5. The second kappa shape index (κ2) is 13.4. The molecule has 0 spiro atoms. The van der Waals surface area contributed by atoms with E-state index in [1.165, 1.54) is 108 Å². The van der Waals surface area contributed by atoms with Gasteiger partial charge in [0.1, 0.15) is 0 Å². The van der Waals surface area contributed by atoms with Crippen molar-refractivity contribution in [2.75, 3.05) is 0 Å². The summed E-state index contributed by atoms with van der Waals surface area (Å²) in [5.74, 6) is 3.72. The lowest BCUT2D eigenvalue weighted by Gasteiger charge is -2.28. The van der Waals surface area contributed by atoms with Crippen LogP contribution in [0.5, 0.6) is 0 Å². The smallest absolute Gasteiger partial charge is 0.0162 e. The molecule has 2 saturated carbocycles. The van der Waals surface area contributed by atoms with Gasteiger partial charge in [-0.15, -0.1) is 0 Å². The molecule has 0 aliphatic heterocycles. The van der Waals surface area contributed by atoms with Crippen molar-refractivity contribution in [1.29, 1.82) is 0 Å². The normalized spacial score (nSPS) is 27.5. The molecule has 2 aliphatic rings. The average molecular weight is 409 g/mol. The first-order chi connectivity index (χ1) is 14.8. The fourth-order valence-corrected chi connectivity index (χ4v) is 6.04. The van der Waals surface area contributed by atoms with Crippen LogP contribution >= 0.6 is 0 Å². The number of unbranched alkanes of at least 4 members (excludes halogenated alkanes) is 2. The van der Waals surface area contributed by atoms with Crippen LogP contribution in [0, 0.1) is 17.8 Å². The summed E-state index contributed by atoms with van der Waals surface area (Å²) in [5.41, 5.74) is 3.11. The van der Waals surface area contributed by atoms with Crippen molar-refractivity contribution >= 4 is 0 Å². The standard InChI is InChI=1S/C30H48/c1-3-5-6-10-26-13-15-27(16-14-26)11-7-8-12-28-19-23-30(24-20-28)29-21-17-25(9-4-2)18-22-29/h7,11,19-20,23-27,29H,3-6,8-10,12-18,21-22H2,1-2H3/b11-7+. The molecule has 0 saturated heterocycles. The zero-order chi connectivity index (χ0) is 21.0. The monoisotopic (exact) mass is 408 g/mol. The molecule has 168 valence electrons. The first-order valence-electron chi connectivity index (χ1n) is 13.5. The molecule has 0 N–H and O–H groups in total. The second-order valence-corrected chi connectivity index (χ2v) is 10.5. The predicted molar refractivity (Wildman–Crippen MR) is 133 cm³/mol. The van der Waals surface area contributed by atoms with Gasteiger partial charge in [0.2, 0.25) is 0 Å². The van der Waals surface area contributed by atoms with E-state index in [0.29, 0.717) is 0 Å². The molecule has 0 amide bonds. The van der Waals surface area contributed by atoms with Gasteiger partial charge in [-0.25, -0.2) is 0 Å². The zero-order valence-corrected chi connectivity index (χ0v) is 20.1. The van der Waals surface area contributed by atoms with Crippen molar-refractivity contribution in [2.45, 2.75) is 122 Å². The van der Waals surface area contributed by atoms with Crippen LogP contribution in [0.1, 0.15) is 127 Å². The van der Waals surface area contributed by atoms with Crippen LogP contribution in [-0.4, -0.2) is 0 Å². The maximum absolute atomic E-state index is 2.55. The summed E-state index contributed by atoms with van der Waals surface area (Å²) >= 11 is 0. The Balaban J connectivity index is 1.32. The maximum Gasteiger partial charge on any atom is -0.0162 e. The van der Waals surface area contributed by atoms with Crippen molar-refractivity contribution in [2.24, 2.45) is 17.8 Å². The molecule has 1 aromatic rings. The van der Waals surface area contributed by atoms with Crippen LogP contribution in [0.25, 0.3) is 0 Å². The second-order valence-electron chi connectivity index (χ2n) is 10.5. The average Bonchev–Trinajstić information content (AvgIpc) is 2.79. The fraction of sp³-hybridized carbons (Fsp3) is 0.733. The topological polar surface area (TPSA) is 0 Å². The number of aryl methyl sites for hydroxylation is 1. The third-order valence-corrected chi connectivity index (χ3v) is 8.11. The van der Waals surface area contributed by atoms with Gasteiger partial charge in [-0.05, 0) is 99.0 Å². The van der Waals surface area contributed by atoms with E-state index in [2.05, 4.69) is 50.3 Å². The van der Waals surface area contributed by atoms with E-state index in [-0.39, 0.29) is 0 Å². The van der Waals surface area contributed by atoms with Crippen LogP contribution in [0.4, 0.5) is 0 Å². The number of benzene rings is 1. The fourth-order valence-electron chi connectivity index (χ4n) is 6.04. The van der Waals surface area contributed by atoms with Crippen LogP contribution in [-0.2, 0) is 6.42 Å². The summed E-state index contributed by atoms with van der Waals surface area (Å²) in [6, 6.07) is 9.68. The molecule has 0 nitrogen and oxygen atoms in total. The molecule has 0 aromatic heterocycles. The lowest BCUT2D eigenvalue weighted by molar-refractivity contribution is 0.289. The summed E-state index contributed by atoms with van der Waals surface area (Å²) in [6.07, 6.45) is 27.5. The van der Waals surface area contributed by atoms with Crippen molar-refractivity contribution in [3.8, 4) is 0 Å². The Morgan fingerprint density at radius 2 is 1.40 bits per heavy atom. The van der Waals surface area contributed by atoms with Gasteiger partial charge in [-0.3, -0.25) is 0 Å². The van der Waals surface area contributed by atoms with Crippen LogP contribution in [0.15, 0.2) is 36.4 Å². The highest BCUT2D eigenvalue weighted by atomic mass is 14.3. The lowest BCUT2D eigenvalue weighted by Crippen LogP contribution is -2.13. The van der Waals surface area contributed by atoms with Gasteiger partial charge < -0.3 is 0 Å². The van der Waals surface area contributed by atoms with Crippen molar-refractivity contribution < 1.29 is 0 Å². The van der Waals surface area contributed by atoms with Gasteiger partial charge in [0.05, 0.1) is 0 Å². The molecule has 0 heteroatoms. The van der Waals surface area contributed by atoms with Crippen LogP contribution < -0.4 is 0 Å².